The smallest absolute Gasteiger partial charge is 0.227 e. The Kier molecular flexibility index (Phi) is 4.32. The van der Waals surface area contributed by atoms with E-state index >= 15 is 0 Å². The number of hydrogen-bond acceptors (Lipinski definition) is 5. The van der Waals surface area contributed by atoms with Crippen LogP contribution in [0.4, 0.5) is 5.82 Å². The zero-order chi connectivity index (χ0) is 14.5. The van der Waals surface area contributed by atoms with Gasteiger partial charge in [-0.15, -0.1) is 0 Å². The minimum absolute atomic E-state index is 0.502. The number of nitrogens with one attached hydrogen (secondary N) is 1. The summed E-state index contributed by atoms with van der Waals surface area (Å²) in [5, 5.41) is 0. The summed E-state index contributed by atoms with van der Waals surface area (Å²) in [5.41, 5.74) is 4.32. The topological polar surface area (TPSA) is 73.1 Å². The molecule has 0 unspecified atom stereocenters. The molecular formula is C15H18N4O. The Morgan fingerprint density at radius 2 is 1.95 bits per heavy atom. The van der Waals surface area contributed by atoms with Gasteiger partial charge in [-0.05, 0) is 26.8 Å². The van der Waals surface area contributed by atoms with Crippen molar-refractivity contribution < 1.29 is 4.74 Å². The first kappa shape index (κ1) is 14.0. The van der Waals surface area contributed by atoms with Crippen LogP contribution in [0.3, 0.4) is 0 Å². The summed E-state index contributed by atoms with van der Waals surface area (Å²) < 4.78 is 5.92. The number of benzene rings is 1. The number of ether oxygens (including phenoxy) is 1. The van der Waals surface area contributed by atoms with Crippen LogP contribution in [0.5, 0.6) is 11.6 Å². The minimum Gasteiger partial charge on any atom is -0.438 e. The zero-order valence-electron chi connectivity index (χ0n) is 11.8. The van der Waals surface area contributed by atoms with E-state index in [0.717, 1.165) is 16.9 Å². The van der Waals surface area contributed by atoms with Gasteiger partial charge in [0.05, 0.1) is 5.56 Å². The molecule has 2 aromatic rings. The number of hydrazine groups is 1. The molecule has 3 N–H and O–H groups in total. The van der Waals surface area contributed by atoms with Gasteiger partial charge in [0.1, 0.15) is 17.4 Å². The van der Waals surface area contributed by atoms with Crippen LogP contribution in [0.15, 0.2) is 30.3 Å². The number of rotatable bonds is 4. The highest BCUT2D eigenvalue weighted by Gasteiger charge is 2.11. The lowest BCUT2D eigenvalue weighted by Crippen LogP contribution is -2.12. The second kappa shape index (κ2) is 6.16. The lowest BCUT2D eigenvalue weighted by molar-refractivity contribution is 0.455. The molecule has 0 radical (unpaired) electrons. The lowest BCUT2D eigenvalue weighted by atomic mass is 10.2. The number of hydrogen-bond donors (Lipinski definition) is 2. The maximum atomic E-state index is 5.92. The van der Waals surface area contributed by atoms with E-state index in [9.17, 15) is 0 Å². The second-order valence-electron chi connectivity index (χ2n) is 4.33. The Morgan fingerprint density at radius 3 is 2.65 bits per heavy atom. The number of para-hydroxylation sites is 1. The number of anilines is 1. The number of nitrogens with zero attached hydrogens (tertiary/aromatic N) is 2. The van der Waals surface area contributed by atoms with E-state index in [0.29, 0.717) is 17.5 Å². The predicted octanol–water partition coefficient (Wildman–Crippen LogP) is 3.20. The Labute approximate surface area is 118 Å². The van der Waals surface area contributed by atoms with E-state index < -0.39 is 0 Å². The van der Waals surface area contributed by atoms with Crippen molar-refractivity contribution in [2.75, 3.05) is 5.43 Å². The molecule has 5 heteroatoms. The van der Waals surface area contributed by atoms with Gasteiger partial charge in [-0.2, -0.15) is 4.98 Å². The van der Waals surface area contributed by atoms with Crippen LogP contribution in [0.2, 0.25) is 0 Å². The van der Waals surface area contributed by atoms with Crippen molar-refractivity contribution in [2.45, 2.75) is 20.8 Å². The van der Waals surface area contributed by atoms with Crippen LogP contribution in [0, 0.1) is 13.8 Å². The van der Waals surface area contributed by atoms with E-state index in [1.165, 1.54) is 0 Å². The van der Waals surface area contributed by atoms with Gasteiger partial charge in [0.25, 0.3) is 0 Å². The van der Waals surface area contributed by atoms with Crippen molar-refractivity contribution in [3.8, 4) is 11.6 Å². The van der Waals surface area contributed by atoms with Crippen LogP contribution >= 0.6 is 0 Å². The van der Waals surface area contributed by atoms with E-state index in [1.807, 2.05) is 50.3 Å². The maximum Gasteiger partial charge on any atom is 0.227 e. The number of aryl methyl sites for hydroxylation is 1. The lowest BCUT2D eigenvalue weighted by Gasteiger charge is -2.13. The molecule has 1 aromatic carbocycles. The van der Waals surface area contributed by atoms with Gasteiger partial charge >= 0.3 is 0 Å². The molecule has 0 saturated heterocycles. The Morgan fingerprint density at radius 1 is 1.20 bits per heavy atom. The average Bonchev–Trinajstić information content (AvgIpc) is 2.44. The van der Waals surface area contributed by atoms with Gasteiger partial charge in [0.2, 0.25) is 5.88 Å². The molecule has 0 saturated carbocycles. The molecule has 0 bridgehead atoms. The fourth-order valence-corrected chi connectivity index (χ4v) is 1.84. The molecule has 0 amide bonds. The molecule has 0 aliphatic rings. The van der Waals surface area contributed by atoms with Gasteiger partial charge < -0.3 is 10.2 Å². The largest absolute Gasteiger partial charge is 0.438 e. The first-order valence-corrected chi connectivity index (χ1v) is 6.37. The molecule has 0 aliphatic carbocycles. The predicted molar refractivity (Wildman–Crippen MR) is 80.5 cm³/mol. The molecule has 104 valence electrons. The standard InChI is InChI=1S/C15H18N4O/c1-4-7-12-8-5-6-9-13(12)20-15-10(2)14(19-16)17-11(3)18-15/h4-9H,16H2,1-3H3,(H,17,18,19)/b7-4+. The molecule has 0 aliphatic heterocycles. The number of nitrogens with two attached hydrogens (primary N) is 1. The first-order chi connectivity index (χ1) is 9.65. The minimum atomic E-state index is 0.502. The van der Waals surface area contributed by atoms with E-state index in [1.54, 1.807) is 6.92 Å². The fourth-order valence-electron chi connectivity index (χ4n) is 1.84. The van der Waals surface area contributed by atoms with Crippen LogP contribution < -0.4 is 16.0 Å². The first-order valence-electron chi connectivity index (χ1n) is 6.37. The third kappa shape index (κ3) is 2.95. The highest BCUT2D eigenvalue weighted by molar-refractivity contribution is 5.58. The van der Waals surface area contributed by atoms with Crippen molar-refractivity contribution >= 4 is 11.9 Å². The van der Waals surface area contributed by atoms with Gasteiger partial charge in [-0.25, -0.2) is 10.8 Å². The van der Waals surface area contributed by atoms with Gasteiger partial charge in [-0.3, -0.25) is 0 Å². The molecule has 1 aromatic heterocycles. The molecule has 0 atom stereocenters. The SMILES string of the molecule is C/C=C/c1ccccc1Oc1nc(C)nc(NN)c1C. The fraction of sp³-hybridized carbons (Fsp3) is 0.200. The summed E-state index contributed by atoms with van der Waals surface area (Å²) in [6.07, 6.45) is 3.95. The van der Waals surface area contributed by atoms with Crippen molar-refractivity contribution in [3.05, 3.63) is 47.3 Å². The molecular weight excluding hydrogens is 252 g/mol. The van der Waals surface area contributed by atoms with Crippen LogP contribution in [-0.4, -0.2) is 9.97 Å². The Bertz CT molecular complexity index is 638. The summed E-state index contributed by atoms with van der Waals surface area (Å²) in [5.74, 6) is 7.86. The third-order valence-electron chi connectivity index (χ3n) is 2.82. The number of aromatic nitrogens is 2. The van der Waals surface area contributed by atoms with E-state index in [4.69, 9.17) is 10.6 Å². The van der Waals surface area contributed by atoms with Crippen molar-refractivity contribution in [1.29, 1.82) is 0 Å². The second-order valence-corrected chi connectivity index (χ2v) is 4.33. The number of allylic oxidation sites excluding steroid dienone is 1. The number of nitrogen functional groups attached to an aromatic ring is 1. The van der Waals surface area contributed by atoms with Crippen LogP contribution in [-0.2, 0) is 0 Å². The van der Waals surface area contributed by atoms with Crippen LogP contribution in [0.25, 0.3) is 6.08 Å². The van der Waals surface area contributed by atoms with Crippen LogP contribution in [0.1, 0.15) is 23.9 Å². The highest BCUT2D eigenvalue weighted by Crippen LogP contribution is 2.29. The summed E-state index contributed by atoms with van der Waals surface area (Å²) in [6.45, 7) is 5.63. The van der Waals surface area contributed by atoms with E-state index in [2.05, 4.69) is 15.4 Å². The van der Waals surface area contributed by atoms with Gasteiger partial charge in [0.15, 0.2) is 0 Å². The molecule has 1 heterocycles. The highest BCUT2D eigenvalue weighted by atomic mass is 16.5. The normalized spacial score (nSPS) is 10.8. The molecule has 5 nitrogen and oxygen atoms in total. The average molecular weight is 270 g/mol. The summed E-state index contributed by atoms with van der Waals surface area (Å²) in [6, 6.07) is 7.78. The summed E-state index contributed by atoms with van der Waals surface area (Å²) >= 11 is 0. The van der Waals surface area contributed by atoms with Crippen molar-refractivity contribution in [2.24, 2.45) is 5.84 Å². The maximum absolute atomic E-state index is 5.92. The van der Waals surface area contributed by atoms with Gasteiger partial charge in [-0.1, -0.05) is 30.4 Å². The van der Waals surface area contributed by atoms with Gasteiger partial charge in [0, 0.05) is 5.56 Å². The Hall–Kier alpha value is -2.40. The summed E-state index contributed by atoms with van der Waals surface area (Å²) in [7, 11) is 0. The van der Waals surface area contributed by atoms with Crippen molar-refractivity contribution in [1.82, 2.24) is 9.97 Å². The molecule has 2 rings (SSSR count). The summed E-state index contributed by atoms with van der Waals surface area (Å²) in [4.78, 5) is 8.54. The van der Waals surface area contributed by atoms with E-state index in [-0.39, 0.29) is 0 Å². The quantitative estimate of drug-likeness (QED) is 0.659. The molecule has 20 heavy (non-hydrogen) atoms. The zero-order valence-corrected chi connectivity index (χ0v) is 11.8. The molecule has 0 fully saturated rings. The monoisotopic (exact) mass is 270 g/mol. The Balaban J connectivity index is 2.42. The van der Waals surface area contributed by atoms with Crippen molar-refractivity contribution in [3.63, 3.8) is 0 Å². The third-order valence-corrected chi connectivity index (χ3v) is 2.82. The molecule has 0 spiro atoms.